The number of aldehydes is 1. The maximum Gasteiger partial charge on any atom is 0.145 e. The van der Waals surface area contributed by atoms with Gasteiger partial charge in [0.05, 0.1) is 0 Å². The third-order valence-electron chi connectivity index (χ3n) is 5.37. The van der Waals surface area contributed by atoms with Crippen molar-refractivity contribution in [2.75, 3.05) is 12.4 Å². The largest absolute Gasteiger partial charge is 0.388 e. The summed E-state index contributed by atoms with van der Waals surface area (Å²) in [6.45, 7) is 5.91. The predicted octanol–water partition coefficient (Wildman–Crippen LogP) is 6.73. The molecule has 1 saturated carbocycles. The molecule has 0 unspecified atom stereocenters. The summed E-state index contributed by atoms with van der Waals surface area (Å²) < 4.78 is 0. The Kier molecular flexibility index (Phi) is 10.9. The molecule has 25 heavy (non-hydrogen) atoms. The van der Waals surface area contributed by atoms with Crippen LogP contribution in [0.2, 0.25) is 0 Å². The van der Waals surface area contributed by atoms with E-state index in [0.29, 0.717) is 0 Å². The second-order valence-corrected chi connectivity index (χ2v) is 7.24. The third-order valence-corrected chi connectivity index (χ3v) is 5.37. The number of allylic oxidation sites excluding steroid dienone is 2. The highest BCUT2D eigenvalue weighted by molar-refractivity contribution is 5.71. The van der Waals surface area contributed by atoms with Crippen LogP contribution in [0.1, 0.15) is 83.6 Å². The predicted molar refractivity (Wildman–Crippen MR) is 110 cm³/mol. The Bertz CT molecular complexity index is 495. The lowest BCUT2D eigenvalue weighted by Gasteiger charge is -2.29. The highest BCUT2D eigenvalue weighted by Crippen LogP contribution is 2.37. The van der Waals surface area contributed by atoms with Gasteiger partial charge in [0.25, 0.3) is 0 Å². The van der Waals surface area contributed by atoms with Crippen molar-refractivity contribution in [1.82, 2.24) is 0 Å². The molecule has 2 heteroatoms. The fraction of sp³-hybridized carbons (Fsp3) is 0.609. The summed E-state index contributed by atoms with van der Waals surface area (Å²) >= 11 is 0. The molecule has 0 bridgehead atoms. The quantitative estimate of drug-likeness (QED) is 0.337. The van der Waals surface area contributed by atoms with Crippen molar-refractivity contribution in [3.05, 3.63) is 41.5 Å². The SMILES string of the molecule is C/C=C(\C)C=O.CCCCCC1CCC(c2ccc(NC)cc2)CC1. The van der Waals surface area contributed by atoms with Gasteiger partial charge in [-0.15, -0.1) is 0 Å². The molecule has 0 aliphatic heterocycles. The van der Waals surface area contributed by atoms with E-state index in [0.717, 1.165) is 23.7 Å². The molecule has 1 aliphatic rings. The molecule has 1 aromatic carbocycles. The van der Waals surface area contributed by atoms with E-state index in [2.05, 4.69) is 36.5 Å². The van der Waals surface area contributed by atoms with E-state index >= 15 is 0 Å². The van der Waals surface area contributed by atoms with Crippen LogP contribution in [-0.4, -0.2) is 13.3 Å². The van der Waals surface area contributed by atoms with Crippen molar-refractivity contribution < 1.29 is 4.79 Å². The van der Waals surface area contributed by atoms with E-state index in [1.807, 2.05) is 14.0 Å². The average Bonchev–Trinajstić information content (AvgIpc) is 2.68. The molecule has 0 amide bonds. The van der Waals surface area contributed by atoms with E-state index in [1.165, 1.54) is 57.1 Å². The van der Waals surface area contributed by atoms with E-state index in [1.54, 1.807) is 18.6 Å². The maximum atomic E-state index is 9.67. The number of anilines is 1. The number of unbranched alkanes of at least 4 members (excludes halogenated alkanes) is 2. The summed E-state index contributed by atoms with van der Waals surface area (Å²) in [5, 5.41) is 3.19. The molecule has 2 rings (SSSR count). The summed E-state index contributed by atoms with van der Waals surface area (Å²) in [7, 11) is 1.98. The van der Waals surface area contributed by atoms with Gasteiger partial charge in [-0.3, -0.25) is 4.79 Å². The average molecular weight is 344 g/mol. The molecular formula is C23H37NO. The van der Waals surface area contributed by atoms with Gasteiger partial charge in [-0.05, 0) is 74.6 Å². The van der Waals surface area contributed by atoms with Crippen LogP contribution in [0.25, 0.3) is 0 Å². The normalized spacial score (nSPS) is 20.4. The summed E-state index contributed by atoms with van der Waals surface area (Å²) in [5.74, 6) is 1.83. The lowest BCUT2D eigenvalue weighted by Crippen LogP contribution is -2.13. The first-order valence-electron chi connectivity index (χ1n) is 10.00. The molecule has 0 spiro atoms. The molecular weight excluding hydrogens is 306 g/mol. The lowest BCUT2D eigenvalue weighted by atomic mass is 9.77. The zero-order valence-corrected chi connectivity index (χ0v) is 16.7. The first-order chi connectivity index (χ1) is 12.1. The topological polar surface area (TPSA) is 29.1 Å². The Labute approximate surface area is 155 Å². The van der Waals surface area contributed by atoms with Crippen LogP contribution >= 0.6 is 0 Å². The Balaban J connectivity index is 0.000000450. The molecule has 1 aromatic rings. The van der Waals surface area contributed by atoms with E-state index in [-0.39, 0.29) is 0 Å². The maximum absolute atomic E-state index is 9.67. The van der Waals surface area contributed by atoms with Gasteiger partial charge in [0.2, 0.25) is 0 Å². The fourth-order valence-electron chi connectivity index (χ4n) is 3.46. The minimum absolute atomic E-state index is 0.787. The summed E-state index contributed by atoms with van der Waals surface area (Å²) in [5.41, 5.74) is 3.55. The Morgan fingerprint density at radius 1 is 1.12 bits per heavy atom. The molecule has 1 N–H and O–H groups in total. The standard InChI is InChI=1S/C18H29N.C5H8O/c1-3-4-5-6-15-7-9-16(10-8-15)17-11-13-18(19-2)14-12-17;1-3-5(2)4-6/h11-16,19H,3-10H2,1-2H3;3-4H,1-2H3/b;5-3+. The van der Waals surface area contributed by atoms with Crippen LogP contribution in [0.15, 0.2) is 35.9 Å². The fourth-order valence-corrected chi connectivity index (χ4v) is 3.46. The zero-order valence-electron chi connectivity index (χ0n) is 16.7. The highest BCUT2D eigenvalue weighted by Gasteiger charge is 2.21. The summed E-state index contributed by atoms with van der Waals surface area (Å²) in [6, 6.07) is 9.05. The van der Waals surface area contributed by atoms with Crippen molar-refractivity contribution in [3.8, 4) is 0 Å². The van der Waals surface area contributed by atoms with Crippen molar-refractivity contribution in [1.29, 1.82) is 0 Å². The van der Waals surface area contributed by atoms with Crippen LogP contribution in [-0.2, 0) is 4.79 Å². The van der Waals surface area contributed by atoms with Crippen molar-refractivity contribution >= 4 is 12.0 Å². The number of carbonyl (C=O) groups is 1. The zero-order chi connectivity index (χ0) is 18.5. The van der Waals surface area contributed by atoms with E-state index < -0.39 is 0 Å². The molecule has 0 atom stereocenters. The first-order valence-corrected chi connectivity index (χ1v) is 10.00. The molecule has 140 valence electrons. The summed E-state index contributed by atoms with van der Waals surface area (Å²) in [6.07, 6.45) is 14.0. The second-order valence-electron chi connectivity index (χ2n) is 7.24. The minimum Gasteiger partial charge on any atom is -0.388 e. The second kappa shape index (κ2) is 12.7. The van der Waals surface area contributed by atoms with Gasteiger partial charge in [0.15, 0.2) is 0 Å². The van der Waals surface area contributed by atoms with Crippen molar-refractivity contribution in [2.24, 2.45) is 5.92 Å². The number of carbonyl (C=O) groups excluding carboxylic acids is 1. The van der Waals surface area contributed by atoms with Gasteiger partial charge in [0, 0.05) is 12.7 Å². The highest BCUT2D eigenvalue weighted by atomic mass is 16.1. The molecule has 0 aromatic heterocycles. The van der Waals surface area contributed by atoms with Crippen molar-refractivity contribution in [2.45, 2.75) is 78.1 Å². The molecule has 0 radical (unpaired) electrons. The summed E-state index contributed by atoms with van der Waals surface area (Å²) in [4.78, 5) is 9.67. The Morgan fingerprint density at radius 3 is 2.20 bits per heavy atom. The van der Waals surface area contributed by atoms with Crippen molar-refractivity contribution in [3.63, 3.8) is 0 Å². The monoisotopic (exact) mass is 343 g/mol. The molecule has 0 saturated heterocycles. The lowest BCUT2D eigenvalue weighted by molar-refractivity contribution is -0.104. The first kappa shape index (κ1) is 21.5. The van der Waals surface area contributed by atoms with Gasteiger partial charge in [-0.25, -0.2) is 0 Å². The minimum atomic E-state index is 0.787. The number of benzene rings is 1. The van der Waals surface area contributed by atoms with Gasteiger partial charge in [-0.1, -0.05) is 50.8 Å². The van der Waals surface area contributed by atoms with Crippen LogP contribution in [0.4, 0.5) is 5.69 Å². The molecule has 1 fully saturated rings. The number of nitrogens with one attached hydrogen (secondary N) is 1. The number of rotatable bonds is 7. The molecule has 2 nitrogen and oxygen atoms in total. The van der Waals surface area contributed by atoms with Crippen LogP contribution in [0.5, 0.6) is 0 Å². The smallest absolute Gasteiger partial charge is 0.145 e. The van der Waals surface area contributed by atoms with E-state index in [4.69, 9.17) is 0 Å². The van der Waals surface area contributed by atoms with Crippen LogP contribution in [0.3, 0.4) is 0 Å². The number of hydrogen-bond donors (Lipinski definition) is 1. The van der Waals surface area contributed by atoms with Gasteiger partial charge in [0.1, 0.15) is 6.29 Å². The van der Waals surface area contributed by atoms with Crippen LogP contribution < -0.4 is 5.32 Å². The van der Waals surface area contributed by atoms with Gasteiger partial charge in [-0.2, -0.15) is 0 Å². The van der Waals surface area contributed by atoms with E-state index in [9.17, 15) is 4.79 Å². The third kappa shape index (κ3) is 8.38. The Morgan fingerprint density at radius 2 is 1.76 bits per heavy atom. The van der Waals surface area contributed by atoms with Gasteiger partial charge >= 0.3 is 0 Å². The van der Waals surface area contributed by atoms with Crippen LogP contribution in [0, 0.1) is 5.92 Å². The van der Waals surface area contributed by atoms with Gasteiger partial charge < -0.3 is 5.32 Å². The Hall–Kier alpha value is -1.57. The number of hydrogen-bond acceptors (Lipinski definition) is 2. The molecule has 1 aliphatic carbocycles. The molecule has 0 heterocycles.